The summed E-state index contributed by atoms with van der Waals surface area (Å²) in [4.78, 5) is 5.61. The summed E-state index contributed by atoms with van der Waals surface area (Å²) in [5.41, 5.74) is 2.22. The van der Waals surface area contributed by atoms with Gasteiger partial charge in [0.2, 0.25) is 5.82 Å². The fraction of sp³-hybridized carbons (Fsp3) is 0.188. The zero-order valence-electron chi connectivity index (χ0n) is 13.0. The molecule has 2 aromatic heterocycles. The van der Waals surface area contributed by atoms with E-state index >= 15 is 0 Å². The molecular formula is C16H16FN6O. The second kappa shape index (κ2) is 6.71. The third-order valence-corrected chi connectivity index (χ3v) is 3.32. The first-order chi connectivity index (χ1) is 11.5. The molecule has 0 aliphatic heterocycles. The highest BCUT2D eigenvalue weighted by Gasteiger charge is 2.10. The number of rotatable bonds is 5. The predicted octanol–water partition coefficient (Wildman–Crippen LogP) is 1.69. The summed E-state index contributed by atoms with van der Waals surface area (Å²) in [6.07, 6.45) is 0.816. The maximum atomic E-state index is 14.3. The number of benzene rings is 1. The molecule has 3 rings (SSSR count). The number of pyridine rings is 1. The van der Waals surface area contributed by atoms with Gasteiger partial charge >= 0.3 is 0 Å². The highest BCUT2D eigenvalue weighted by Crippen LogP contribution is 2.26. The number of aliphatic hydroxyl groups excluding tert-OH is 1. The molecule has 1 atom stereocenters. The molecule has 2 N–H and O–H groups in total. The number of hydrogen-bond donors (Lipinski definition) is 2. The van der Waals surface area contributed by atoms with Crippen molar-refractivity contribution in [1.29, 1.82) is 0 Å². The molecule has 0 saturated heterocycles. The summed E-state index contributed by atoms with van der Waals surface area (Å²) in [6, 6.07) is 8.24. The van der Waals surface area contributed by atoms with Gasteiger partial charge in [-0.15, -0.1) is 10.2 Å². The first kappa shape index (κ1) is 16.0. The Morgan fingerprint density at radius 1 is 1.33 bits per heavy atom. The third kappa shape index (κ3) is 3.54. The molecule has 1 aromatic carbocycles. The summed E-state index contributed by atoms with van der Waals surface area (Å²) in [5.74, 6) is 0.0292. The van der Waals surface area contributed by atoms with Gasteiger partial charge in [-0.05, 0) is 36.4 Å². The molecule has 0 fully saturated rings. The molecule has 8 heteroatoms. The molecule has 0 spiro atoms. The summed E-state index contributed by atoms with van der Waals surface area (Å²) in [6.45, 7) is 3.70. The van der Waals surface area contributed by atoms with Gasteiger partial charge in [0.25, 0.3) is 0 Å². The molecule has 123 valence electrons. The maximum Gasteiger partial charge on any atom is 0.223 e. The van der Waals surface area contributed by atoms with E-state index in [1.54, 1.807) is 37.5 Å². The lowest BCUT2D eigenvalue weighted by atomic mass is 10.1. The predicted molar refractivity (Wildman–Crippen MR) is 87.3 cm³/mol. The smallest absolute Gasteiger partial charge is 0.223 e. The Kier molecular flexibility index (Phi) is 4.48. The number of anilines is 1. The zero-order valence-corrected chi connectivity index (χ0v) is 13.0. The molecule has 3 aromatic rings. The average molecular weight is 327 g/mol. The van der Waals surface area contributed by atoms with Crippen LogP contribution in [0.15, 0.2) is 36.5 Å². The highest BCUT2D eigenvalue weighted by molar-refractivity contribution is 5.67. The molecular weight excluding hydrogens is 311 g/mol. The van der Waals surface area contributed by atoms with Gasteiger partial charge in [-0.25, -0.2) is 4.39 Å². The van der Waals surface area contributed by atoms with Crippen LogP contribution in [0.5, 0.6) is 0 Å². The maximum absolute atomic E-state index is 14.3. The van der Waals surface area contributed by atoms with Crippen LogP contribution in [-0.4, -0.2) is 42.9 Å². The molecule has 7 nitrogen and oxygen atoms in total. The third-order valence-electron chi connectivity index (χ3n) is 3.32. The first-order valence-corrected chi connectivity index (χ1v) is 7.28. The van der Waals surface area contributed by atoms with E-state index in [4.69, 9.17) is 5.11 Å². The topological polar surface area (TPSA) is 88.8 Å². The summed E-state index contributed by atoms with van der Waals surface area (Å²) in [7, 11) is 1.67. The van der Waals surface area contributed by atoms with Gasteiger partial charge in [-0.1, -0.05) is 6.07 Å². The molecule has 0 amide bonds. The van der Waals surface area contributed by atoms with E-state index < -0.39 is 6.10 Å². The number of aryl methyl sites for hydroxylation is 1. The van der Waals surface area contributed by atoms with Crippen molar-refractivity contribution in [1.82, 2.24) is 25.2 Å². The molecule has 0 aliphatic carbocycles. The highest BCUT2D eigenvalue weighted by atomic mass is 19.1. The Morgan fingerprint density at radius 2 is 2.17 bits per heavy atom. The minimum absolute atomic E-state index is 0.250. The van der Waals surface area contributed by atoms with Gasteiger partial charge in [0.05, 0.1) is 13.2 Å². The number of nitrogens with zero attached hydrogens (tertiary/aromatic N) is 5. The number of aromatic nitrogens is 5. The second-order valence-electron chi connectivity index (χ2n) is 5.26. The Labute approximate surface area is 138 Å². The van der Waals surface area contributed by atoms with Gasteiger partial charge in [0, 0.05) is 29.6 Å². The van der Waals surface area contributed by atoms with Gasteiger partial charge in [-0.3, -0.25) is 4.98 Å². The van der Waals surface area contributed by atoms with Gasteiger partial charge in [0.15, 0.2) is 0 Å². The van der Waals surface area contributed by atoms with Crippen LogP contribution in [0, 0.1) is 12.7 Å². The number of hydrogen-bond acceptors (Lipinski definition) is 6. The largest absolute Gasteiger partial charge is 0.391 e. The fourth-order valence-electron chi connectivity index (χ4n) is 2.17. The van der Waals surface area contributed by atoms with Crippen molar-refractivity contribution in [3.63, 3.8) is 0 Å². The van der Waals surface area contributed by atoms with Crippen molar-refractivity contribution in [3.05, 3.63) is 49.3 Å². The molecule has 0 aliphatic rings. The molecule has 2 heterocycles. The van der Waals surface area contributed by atoms with Crippen molar-refractivity contribution >= 4 is 5.69 Å². The van der Waals surface area contributed by atoms with Crippen LogP contribution in [0.3, 0.4) is 0 Å². The van der Waals surface area contributed by atoms with Crippen molar-refractivity contribution in [2.45, 2.75) is 6.10 Å². The zero-order chi connectivity index (χ0) is 17.1. The van der Waals surface area contributed by atoms with E-state index in [2.05, 4.69) is 32.6 Å². The van der Waals surface area contributed by atoms with Crippen molar-refractivity contribution in [3.8, 4) is 22.6 Å². The minimum Gasteiger partial charge on any atom is -0.391 e. The number of aliphatic hydroxyl groups is 1. The second-order valence-corrected chi connectivity index (χ2v) is 5.26. The fourth-order valence-corrected chi connectivity index (χ4v) is 2.17. The van der Waals surface area contributed by atoms with Crippen molar-refractivity contribution < 1.29 is 9.50 Å². The van der Waals surface area contributed by atoms with Crippen molar-refractivity contribution in [2.75, 3.05) is 11.9 Å². The lowest BCUT2D eigenvalue weighted by Gasteiger charge is -2.10. The summed E-state index contributed by atoms with van der Waals surface area (Å²) >= 11 is 0. The summed E-state index contributed by atoms with van der Waals surface area (Å²) < 4.78 is 14.3. The lowest BCUT2D eigenvalue weighted by Crippen LogP contribution is -2.15. The Morgan fingerprint density at radius 3 is 2.75 bits per heavy atom. The molecule has 1 radical (unpaired) electrons. The van der Waals surface area contributed by atoms with Crippen LogP contribution < -0.4 is 5.32 Å². The van der Waals surface area contributed by atoms with E-state index in [1.807, 2.05) is 0 Å². The number of tetrazole rings is 1. The van der Waals surface area contributed by atoms with Crippen LogP contribution in [0.4, 0.5) is 10.1 Å². The standard InChI is InChI=1S/C16H16FN6O/c1-10(24)8-18-12-4-5-13(14(17)7-12)11-3-6-15(19-9-11)16-20-22-23(2)21-16/h3-7,9-10,18,24H,1,8H2,2H3. The molecule has 0 saturated carbocycles. The van der Waals surface area contributed by atoms with E-state index in [1.165, 1.54) is 10.9 Å². The number of nitrogens with one attached hydrogen (secondary N) is 1. The van der Waals surface area contributed by atoms with Crippen LogP contribution in [0.25, 0.3) is 22.6 Å². The Bertz CT molecular complexity index is 831. The Hall–Kier alpha value is -2.87. The summed E-state index contributed by atoms with van der Waals surface area (Å²) in [5, 5.41) is 23.8. The normalized spacial score (nSPS) is 12.2. The SMILES string of the molecule is [CH2]C(O)CNc1ccc(-c2ccc(-c3nnn(C)n3)nc2)c(F)c1. The molecule has 0 bridgehead atoms. The number of halogens is 1. The quantitative estimate of drug-likeness (QED) is 0.741. The van der Waals surface area contributed by atoms with Crippen LogP contribution >= 0.6 is 0 Å². The van der Waals surface area contributed by atoms with Crippen LogP contribution in [-0.2, 0) is 7.05 Å². The minimum atomic E-state index is -0.751. The first-order valence-electron chi connectivity index (χ1n) is 7.28. The lowest BCUT2D eigenvalue weighted by molar-refractivity contribution is 0.234. The molecule has 24 heavy (non-hydrogen) atoms. The average Bonchev–Trinajstić information content (AvgIpc) is 3.00. The van der Waals surface area contributed by atoms with E-state index in [0.717, 1.165) is 0 Å². The monoisotopic (exact) mass is 327 g/mol. The van der Waals surface area contributed by atoms with Gasteiger partial charge in [0.1, 0.15) is 11.5 Å². The molecule has 1 unspecified atom stereocenters. The van der Waals surface area contributed by atoms with Crippen LogP contribution in [0.1, 0.15) is 0 Å². The van der Waals surface area contributed by atoms with Gasteiger partial charge < -0.3 is 10.4 Å². The van der Waals surface area contributed by atoms with E-state index in [-0.39, 0.29) is 12.4 Å². The van der Waals surface area contributed by atoms with E-state index in [9.17, 15) is 4.39 Å². The van der Waals surface area contributed by atoms with Crippen LogP contribution in [0.2, 0.25) is 0 Å². The van der Waals surface area contributed by atoms with Crippen molar-refractivity contribution in [2.24, 2.45) is 7.05 Å². The Balaban J connectivity index is 1.81. The van der Waals surface area contributed by atoms with E-state index in [0.29, 0.717) is 28.3 Å². The van der Waals surface area contributed by atoms with Gasteiger partial charge in [-0.2, -0.15) is 4.80 Å².